The summed E-state index contributed by atoms with van der Waals surface area (Å²) in [6, 6.07) is 82.2. The van der Waals surface area contributed by atoms with E-state index in [2.05, 4.69) is 129 Å². The summed E-state index contributed by atoms with van der Waals surface area (Å²) in [6.45, 7) is 0. The molecule has 0 aliphatic rings. The van der Waals surface area contributed by atoms with Gasteiger partial charge in [0, 0.05) is 69.3 Å². The van der Waals surface area contributed by atoms with Crippen LogP contribution in [0.15, 0.2) is 271 Å². The van der Waals surface area contributed by atoms with Crippen LogP contribution in [0.3, 0.4) is 0 Å². The first-order chi connectivity index (χ1) is 37.2. The minimum absolute atomic E-state index is 0.468. The van der Waals surface area contributed by atoms with Crippen molar-refractivity contribution in [2.24, 2.45) is 0 Å². The van der Waals surface area contributed by atoms with Crippen LogP contribution in [0.5, 0.6) is 0 Å². The molecular formula is C66H47BBr2N2O5. The van der Waals surface area contributed by atoms with Gasteiger partial charge < -0.3 is 34.8 Å². The number of hydrogen-bond donors (Lipinski definition) is 4. The summed E-state index contributed by atoms with van der Waals surface area (Å²) >= 11 is 6.91. The van der Waals surface area contributed by atoms with E-state index in [1.807, 2.05) is 140 Å². The van der Waals surface area contributed by atoms with E-state index < -0.39 is 7.12 Å². The summed E-state index contributed by atoms with van der Waals surface area (Å²) in [4.78, 5) is 0. The number of fused-ring (bicyclic) bond motifs is 9. The average molecular weight is 1120 g/mol. The number of rotatable bonds is 5. The molecule has 0 radical (unpaired) electrons. The third-order valence-electron chi connectivity index (χ3n) is 13.2. The van der Waals surface area contributed by atoms with Crippen LogP contribution >= 0.6 is 31.9 Å². The lowest BCUT2D eigenvalue weighted by Gasteiger charge is -2.11. The third-order valence-corrected chi connectivity index (χ3v) is 14.4. The second-order valence-corrected chi connectivity index (χ2v) is 19.8. The molecule has 0 spiro atoms. The van der Waals surface area contributed by atoms with Crippen molar-refractivity contribution in [1.82, 2.24) is 0 Å². The van der Waals surface area contributed by atoms with Crippen molar-refractivity contribution >= 4 is 122 Å². The largest absolute Gasteiger partial charge is 0.489 e. The van der Waals surface area contributed by atoms with Crippen molar-refractivity contribution < 1.29 is 23.3 Å². The van der Waals surface area contributed by atoms with Crippen molar-refractivity contribution in [1.29, 1.82) is 0 Å². The molecule has 6 N–H and O–H groups in total. The molecule has 10 heteroatoms. The van der Waals surface area contributed by atoms with Gasteiger partial charge >= 0.3 is 7.12 Å². The van der Waals surface area contributed by atoms with Crippen molar-refractivity contribution in [3.8, 4) is 44.5 Å². The predicted octanol–water partition coefficient (Wildman–Crippen LogP) is 17.5. The Morgan fingerprint density at radius 2 is 0.645 bits per heavy atom. The highest BCUT2D eigenvalue weighted by atomic mass is 79.9. The number of halogens is 2. The lowest BCUT2D eigenvalue weighted by Crippen LogP contribution is -2.31. The van der Waals surface area contributed by atoms with Gasteiger partial charge in [-0.1, -0.05) is 220 Å². The second-order valence-electron chi connectivity index (χ2n) is 18.0. The van der Waals surface area contributed by atoms with E-state index in [4.69, 9.17) is 24.7 Å². The monoisotopic (exact) mass is 1120 g/mol. The van der Waals surface area contributed by atoms with Gasteiger partial charge in [-0.15, -0.1) is 0 Å². The summed E-state index contributed by atoms with van der Waals surface area (Å²) in [5.74, 6) is 0. The minimum Gasteiger partial charge on any atom is -0.455 e. The van der Waals surface area contributed by atoms with Crippen LogP contribution in [0, 0.1) is 0 Å². The van der Waals surface area contributed by atoms with E-state index in [1.54, 1.807) is 12.1 Å². The summed E-state index contributed by atoms with van der Waals surface area (Å²) < 4.78 is 20.4. The highest BCUT2D eigenvalue weighted by molar-refractivity contribution is 9.10. The van der Waals surface area contributed by atoms with Gasteiger partial charge in [0.25, 0.3) is 0 Å². The van der Waals surface area contributed by atoms with Crippen molar-refractivity contribution in [2.75, 3.05) is 11.5 Å². The molecule has 368 valence electrons. The maximum Gasteiger partial charge on any atom is 0.489 e. The SMILES string of the molecule is Brc1ccccc1-c1cccc2c1oc1ccccc12.Nc1ccc(-c2ccccc2-c2cccc3c2oc2ccccc23)cc1.Nc1ccc(Br)cc1.OB(O)c1ccccc1-c1cccc2c1oc1ccccc12. The molecule has 0 saturated carbocycles. The molecule has 0 amide bonds. The number of anilines is 2. The van der Waals surface area contributed by atoms with Crippen molar-refractivity contribution in [3.63, 3.8) is 0 Å². The van der Waals surface area contributed by atoms with Crippen molar-refractivity contribution in [3.05, 3.63) is 258 Å². The summed E-state index contributed by atoms with van der Waals surface area (Å²) in [5, 5.41) is 25.9. The van der Waals surface area contributed by atoms with E-state index in [0.29, 0.717) is 5.46 Å². The Hall–Kier alpha value is -8.64. The van der Waals surface area contributed by atoms with Gasteiger partial charge in [-0.25, -0.2) is 0 Å². The minimum atomic E-state index is -1.52. The van der Waals surface area contributed by atoms with Crippen LogP contribution in [0.25, 0.3) is 110 Å². The quantitative estimate of drug-likeness (QED) is 0.0997. The standard InChI is InChI=1S/C24H17NO.C18H13BO3.C18H11BrO.C6H6BrN/c25-17-14-12-16(13-15-17)18-6-1-2-7-19(18)21-9-5-10-22-20-8-3-4-11-23(20)26-24(21)22;20-19(21)16-10-3-1-6-12(16)14-8-5-9-15-13-7-2-4-11-17(13)22-18(14)15;19-16-10-3-1-6-12(16)14-8-5-9-15-13-7-2-4-11-17(13)20-18(14)15;7-5-1-3-6(8)4-2-5/h1-15H,25H2;1-11,20-21H;1-11H;1-4H,8H2. The van der Waals surface area contributed by atoms with Crippen LogP contribution in [-0.4, -0.2) is 17.2 Å². The van der Waals surface area contributed by atoms with E-state index in [9.17, 15) is 10.0 Å². The Bertz CT molecular complexity index is 4320. The number of para-hydroxylation sites is 6. The Morgan fingerprint density at radius 1 is 0.303 bits per heavy atom. The fourth-order valence-electron chi connectivity index (χ4n) is 9.62. The zero-order valence-electron chi connectivity index (χ0n) is 40.8. The highest BCUT2D eigenvalue weighted by Crippen LogP contribution is 2.41. The molecule has 0 bridgehead atoms. The van der Waals surface area contributed by atoms with E-state index >= 15 is 0 Å². The van der Waals surface area contributed by atoms with Crippen LogP contribution in [0.1, 0.15) is 0 Å². The normalized spacial score (nSPS) is 11.0. The van der Waals surface area contributed by atoms with Crippen molar-refractivity contribution in [2.45, 2.75) is 0 Å². The predicted molar refractivity (Wildman–Crippen MR) is 323 cm³/mol. The zero-order chi connectivity index (χ0) is 52.1. The molecular weight excluding hydrogens is 1070 g/mol. The Balaban J connectivity index is 0.000000114. The maximum absolute atomic E-state index is 9.60. The number of furan rings is 3. The second kappa shape index (κ2) is 22.1. The molecule has 76 heavy (non-hydrogen) atoms. The number of benzene rings is 11. The van der Waals surface area contributed by atoms with Gasteiger partial charge in [-0.3, -0.25) is 0 Å². The van der Waals surface area contributed by atoms with E-state index in [1.165, 1.54) is 5.56 Å². The Morgan fingerprint density at radius 3 is 1.11 bits per heavy atom. The summed E-state index contributed by atoms with van der Waals surface area (Å²) in [5.41, 5.74) is 27.1. The van der Waals surface area contributed by atoms with Crippen LogP contribution in [0.2, 0.25) is 0 Å². The smallest absolute Gasteiger partial charge is 0.455 e. The molecule has 0 unspecified atom stereocenters. The lowest BCUT2D eigenvalue weighted by atomic mass is 9.75. The first kappa shape index (κ1) is 49.6. The summed E-state index contributed by atoms with van der Waals surface area (Å²) in [6.07, 6.45) is 0. The maximum atomic E-state index is 9.60. The molecule has 0 fully saturated rings. The first-order valence-corrected chi connectivity index (χ1v) is 26.2. The molecule has 11 aromatic carbocycles. The first-order valence-electron chi connectivity index (χ1n) is 24.6. The van der Waals surface area contributed by atoms with Gasteiger partial charge in [-0.2, -0.15) is 0 Å². The Kier molecular flexibility index (Phi) is 14.4. The van der Waals surface area contributed by atoms with Gasteiger partial charge in [-0.05, 0) is 93.9 Å². The molecule has 3 heterocycles. The molecule has 0 atom stereocenters. The van der Waals surface area contributed by atoms with Crippen LogP contribution < -0.4 is 16.9 Å². The number of nitrogens with two attached hydrogens (primary N) is 2. The molecule has 7 nitrogen and oxygen atoms in total. The van der Waals surface area contributed by atoms with Gasteiger partial charge in [0.1, 0.15) is 33.5 Å². The van der Waals surface area contributed by atoms with Crippen LogP contribution in [0.4, 0.5) is 11.4 Å². The van der Waals surface area contributed by atoms with Gasteiger partial charge in [0.15, 0.2) is 0 Å². The fraction of sp³-hybridized carbons (Fsp3) is 0. The topological polar surface area (TPSA) is 132 Å². The highest BCUT2D eigenvalue weighted by Gasteiger charge is 2.20. The fourth-order valence-corrected chi connectivity index (χ4v) is 10.4. The number of nitrogen functional groups attached to an aromatic ring is 2. The zero-order valence-corrected chi connectivity index (χ0v) is 44.0. The molecule has 0 saturated heterocycles. The molecule has 0 aliphatic carbocycles. The summed E-state index contributed by atoms with van der Waals surface area (Å²) in [7, 11) is -1.52. The molecule has 14 rings (SSSR count). The molecule has 3 aromatic heterocycles. The average Bonchev–Trinajstić information content (AvgIpc) is 4.17. The van der Waals surface area contributed by atoms with E-state index in [-0.39, 0.29) is 0 Å². The Labute approximate surface area is 455 Å². The van der Waals surface area contributed by atoms with Gasteiger partial charge in [0.05, 0.1) is 0 Å². The molecule has 14 aromatic rings. The third kappa shape index (κ3) is 10.1. The number of hydrogen-bond acceptors (Lipinski definition) is 7. The van der Waals surface area contributed by atoms with Crippen LogP contribution in [-0.2, 0) is 0 Å². The van der Waals surface area contributed by atoms with Gasteiger partial charge in [0.2, 0.25) is 0 Å². The van der Waals surface area contributed by atoms with E-state index in [0.717, 1.165) is 125 Å². The molecule has 0 aliphatic heterocycles. The lowest BCUT2D eigenvalue weighted by molar-refractivity contribution is 0.426.